The van der Waals surface area contributed by atoms with Gasteiger partial charge in [0.2, 0.25) is 0 Å². The molecule has 0 aromatic heterocycles. The second-order valence-corrected chi connectivity index (χ2v) is 4.33. The average molecular weight is 298 g/mol. The molecule has 0 atom stereocenters. The van der Waals surface area contributed by atoms with Crippen LogP contribution >= 0.6 is 0 Å². The zero-order chi connectivity index (χ0) is 16.0. The van der Waals surface area contributed by atoms with Crippen molar-refractivity contribution in [3.63, 3.8) is 0 Å². The van der Waals surface area contributed by atoms with E-state index < -0.39 is 11.7 Å². The van der Waals surface area contributed by atoms with E-state index in [0.29, 0.717) is 11.3 Å². The Kier molecular flexibility index (Phi) is 5.60. The van der Waals surface area contributed by atoms with E-state index in [1.165, 1.54) is 12.1 Å². The Morgan fingerprint density at radius 2 is 1.33 bits per heavy atom. The van der Waals surface area contributed by atoms with Crippen molar-refractivity contribution in [1.29, 1.82) is 0 Å². The number of nitrogen functional groups attached to an aromatic ring is 2. The second-order valence-electron chi connectivity index (χ2n) is 4.33. The number of rotatable bonds is 1. The summed E-state index contributed by atoms with van der Waals surface area (Å²) in [5, 5.41) is 0. The molecule has 2 aromatic rings. The van der Waals surface area contributed by atoms with Crippen molar-refractivity contribution < 1.29 is 17.9 Å². The fourth-order valence-corrected chi connectivity index (χ4v) is 1.71. The summed E-state index contributed by atoms with van der Waals surface area (Å²) in [5.41, 5.74) is 11.3. The molecular weight excluding hydrogens is 281 g/mol. The number of benzene rings is 2. The van der Waals surface area contributed by atoms with Crippen LogP contribution in [-0.4, -0.2) is 14.2 Å². The highest BCUT2D eigenvalue weighted by Gasteiger charge is 2.33. The molecule has 0 unspecified atom stereocenters. The molecule has 0 amide bonds. The molecule has 0 aliphatic rings. The lowest BCUT2D eigenvalue weighted by atomic mass is 9.98. The van der Waals surface area contributed by atoms with E-state index in [2.05, 4.69) is 4.74 Å². The molecule has 0 spiro atoms. The van der Waals surface area contributed by atoms with Gasteiger partial charge >= 0.3 is 6.18 Å². The van der Waals surface area contributed by atoms with E-state index >= 15 is 0 Å². The minimum Gasteiger partial charge on any atom is -0.399 e. The number of hydrogen-bond donors (Lipinski definition) is 2. The van der Waals surface area contributed by atoms with Gasteiger partial charge in [0.05, 0.1) is 5.56 Å². The smallest absolute Gasteiger partial charge is 0.399 e. The van der Waals surface area contributed by atoms with Crippen molar-refractivity contribution in [2.45, 2.75) is 6.18 Å². The van der Waals surface area contributed by atoms with E-state index in [0.717, 1.165) is 6.07 Å². The summed E-state index contributed by atoms with van der Waals surface area (Å²) in [6.45, 7) is 0. The lowest BCUT2D eigenvalue weighted by Crippen LogP contribution is -2.08. The summed E-state index contributed by atoms with van der Waals surface area (Å²) in [7, 11) is 3.25. The van der Waals surface area contributed by atoms with Gasteiger partial charge in [-0.2, -0.15) is 13.2 Å². The van der Waals surface area contributed by atoms with Gasteiger partial charge in [-0.05, 0) is 35.4 Å². The number of anilines is 2. The van der Waals surface area contributed by atoms with Crippen LogP contribution in [0.3, 0.4) is 0 Å². The standard InChI is InChI=1S/C13H11F3N2.C2H6O/c14-13(15,16)12-7-10(18)5-6-11(12)8-1-3-9(17)4-2-8;1-3-2/h1-7H,17-18H2;1-2H3. The lowest BCUT2D eigenvalue weighted by Gasteiger charge is -2.13. The molecule has 6 heteroatoms. The number of nitrogens with two attached hydrogens (primary N) is 2. The Bertz CT molecular complexity index is 580. The fraction of sp³-hybridized carbons (Fsp3) is 0.200. The molecule has 0 aliphatic carbocycles. The van der Waals surface area contributed by atoms with Crippen molar-refractivity contribution >= 4 is 11.4 Å². The van der Waals surface area contributed by atoms with Gasteiger partial charge in [0, 0.05) is 25.6 Å². The molecule has 21 heavy (non-hydrogen) atoms. The quantitative estimate of drug-likeness (QED) is 0.787. The molecule has 0 saturated heterocycles. The molecule has 0 aliphatic heterocycles. The highest BCUT2D eigenvalue weighted by atomic mass is 19.4. The minimum atomic E-state index is -4.44. The van der Waals surface area contributed by atoms with E-state index in [-0.39, 0.29) is 11.3 Å². The van der Waals surface area contributed by atoms with Crippen molar-refractivity contribution in [1.82, 2.24) is 0 Å². The normalized spacial score (nSPS) is 10.7. The van der Waals surface area contributed by atoms with Crippen molar-refractivity contribution in [2.24, 2.45) is 0 Å². The molecule has 3 nitrogen and oxygen atoms in total. The summed E-state index contributed by atoms with van der Waals surface area (Å²) in [5.74, 6) is 0. The van der Waals surface area contributed by atoms with E-state index in [1.807, 2.05) is 0 Å². The molecule has 2 aromatic carbocycles. The van der Waals surface area contributed by atoms with Crippen LogP contribution in [0.15, 0.2) is 42.5 Å². The summed E-state index contributed by atoms with van der Waals surface area (Å²) in [6, 6.07) is 9.97. The maximum Gasteiger partial charge on any atom is 0.417 e. The van der Waals surface area contributed by atoms with Gasteiger partial charge in [-0.1, -0.05) is 18.2 Å². The first-order valence-corrected chi connectivity index (χ1v) is 6.02. The maximum atomic E-state index is 12.9. The highest BCUT2D eigenvalue weighted by Crippen LogP contribution is 2.38. The number of methoxy groups -OCH3 is 1. The molecule has 0 heterocycles. The Labute approximate surface area is 121 Å². The summed E-state index contributed by atoms with van der Waals surface area (Å²) in [6.07, 6.45) is -4.44. The zero-order valence-corrected chi connectivity index (χ0v) is 11.7. The van der Waals surface area contributed by atoms with Crippen LogP contribution in [0.5, 0.6) is 0 Å². The first-order valence-electron chi connectivity index (χ1n) is 6.02. The van der Waals surface area contributed by atoms with Crippen LogP contribution < -0.4 is 11.5 Å². The van der Waals surface area contributed by atoms with E-state index in [4.69, 9.17) is 11.5 Å². The van der Waals surface area contributed by atoms with Crippen molar-refractivity contribution in [3.8, 4) is 11.1 Å². The third kappa shape index (κ3) is 4.68. The second kappa shape index (κ2) is 6.99. The van der Waals surface area contributed by atoms with E-state index in [1.54, 1.807) is 38.5 Å². The van der Waals surface area contributed by atoms with Gasteiger partial charge in [-0.15, -0.1) is 0 Å². The predicted octanol–water partition coefficient (Wildman–Crippen LogP) is 3.80. The largest absolute Gasteiger partial charge is 0.417 e. The maximum absolute atomic E-state index is 12.9. The molecular formula is C15H17F3N2O. The molecule has 114 valence electrons. The third-order valence-electron chi connectivity index (χ3n) is 2.57. The first-order chi connectivity index (χ1) is 9.79. The molecule has 0 bridgehead atoms. The summed E-state index contributed by atoms with van der Waals surface area (Å²) < 4.78 is 43.0. The summed E-state index contributed by atoms with van der Waals surface area (Å²) in [4.78, 5) is 0. The topological polar surface area (TPSA) is 61.3 Å². The molecule has 0 radical (unpaired) electrons. The predicted molar refractivity (Wildman–Crippen MR) is 78.6 cm³/mol. The Hall–Kier alpha value is -2.21. The number of alkyl halides is 3. The monoisotopic (exact) mass is 298 g/mol. The number of ether oxygens (including phenoxy) is 1. The van der Waals surface area contributed by atoms with Gasteiger partial charge in [0.1, 0.15) is 0 Å². The first kappa shape index (κ1) is 16.8. The van der Waals surface area contributed by atoms with Gasteiger partial charge in [0.15, 0.2) is 0 Å². The zero-order valence-electron chi connectivity index (χ0n) is 11.7. The van der Waals surface area contributed by atoms with Crippen LogP contribution in [-0.2, 0) is 10.9 Å². The van der Waals surface area contributed by atoms with Gasteiger partial charge in [-0.3, -0.25) is 0 Å². The average Bonchev–Trinajstić information content (AvgIpc) is 2.40. The fourth-order valence-electron chi connectivity index (χ4n) is 1.71. The molecule has 0 fully saturated rings. The van der Waals surface area contributed by atoms with Crippen LogP contribution in [0.2, 0.25) is 0 Å². The molecule has 2 rings (SSSR count). The minimum absolute atomic E-state index is 0.0847. The number of halogens is 3. The molecule has 0 saturated carbocycles. The highest BCUT2D eigenvalue weighted by molar-refractivity contribution is 5.71. The third-order valence-corrected chi connectivity index (χ3v) is 2.57. The van der Waals surface area contributed by atoms with Gasteiger partial charge in [-0.25, -0.2) is 0 Å². The molecule has 4 N–H and O–H groups in total. The van der Waals surface area contributed by atoms with Crippen molar-refractivity contribution in [3.05, 3.63) is 48.0 Å². The summed E-state index contributed by atoms with van der Waals surface area (Å²) >= 11 is 0. The SMILES string of the molecule is COC.Nc1ccc(-c2ccc(N)cc2C(F)(F)F)cc1. The van der Waals surface area contributed by atoms with Crippen LogP contribution in [0.25, 0.3) is 11.1 Å². The van der Waals surface area contributed by atoms with Crippen LogP contribution in [0.4, 0.5) is 24.5 Å². The Morgan fingerprint density at radius 1 is 0.857 bits per heavy atom. The van der Waals surface area contributed by atoms with Crippen molar-refractivity contribution in [2.75, 3.05) is 25.7 Å². The van der Waals surface area contributed by atoms with Crippen LogP contribution in [0, 0.1) is 0 Å². The lowest BCUT2D eigenvalue weighted by molar-refractivity contribution is -0.137. The van der Waals surface area contributed by atoms with Gasteiger partial charge in [0.25, 0.3) is 0 Å². The Morgan fingerprint density at radius 3 is 1.81 bits per heavy atom. The van der Waals surface area contributed by atoms with E-state index in [9.17, 15) is 13.2 Å². The van der Waals surface area contributed by atoms with Gasteiger partial charge < -0.3 is 16.2 Å². The van der Waals surface area contributed by atoms with Crippen LogP contribution in [0.1, 0.15) is 5.56 Å². The Balaban J connectivity index is 0.000000677. The number of hydrogen-bond acceptors (Lipinski definition) is 3.